The van der Waals surface area contributed by atoms with Gasteiger partial charge in [-0.15, -0.1) is 0 Å². The van der Waals surface area contributed by atoms with Crippen molar-refractivity contribution in [2.45, 2.75) is 175 Å². The summed E-state index contributed by atoms with van der Waals surface area (Å²) in [5.41, 5.74) is 13.6. The number of nitrogens with one attached hydrogen (secondary N) is 5. The average Bonchev–Trinajstić information content (AvgIpc) is 4.02. The van der Waals surface area contributed by atoms with E-state index < -0.39 is 90.1 Å². The third-order valence-electron chi connectivity index (χ3n) is 15.8. The van der Waals surface area contributed by atoms with Crippen molar-refractivity contribution >= 4 is 53.1 Å². The Kier molecular flexibility index (Phi) is 29.3. The second-order valence-corrected chi connectivity index (χ2v) is 22.8. The van der Waals surface area contributed by atoms with Gasteiger partial charge < -0.3 is 62.1 Å². The summed E-state index contributed by atoms with van der Waals surface area (Å²) in [5, 5.41) is 14.2. The predicted octanol–water partition coefficient (Wildman–Crippen LogP) is 4.39. The highest BCUT2D eigenvalue weighted by atomic mass is 16.5. The van der Waals surface area contributed by atoms with E-state index in [2.05, 4.69) is 26.6 Å². The first-order valence-corrected chi connectivity index (χ1v) is 28.8. The maximum Gasteiger partial charge on any atom is 0.328 e. The van der Waals surface area contributed by atoms with Crippen LogP contribution in [0.15, 0.2) is 54.6 Å². The van der Waals surface area contributed by atoms with E-state index in [4.69, 9.17) is 25.7 Å². The van der Waals surface area contributed by atoms with Gasteiger partial charge in [0.05, 0.1) is 55.8 Å². The van der Waals surface area contributed by atoms with Crippen molar-refractivity contribution in [3.63, 3.8) is 0 Å². The molecule has 2 aromatic rings. The van der Waals surface area contributed by atoms with Gasteiger partial charge in [-0.2, -0.15) is 0 Å². The van der Waals surface area contributed by atoms with E-state index >= 15 is 0 Å². The number of hydrogen-bond acceptors (Lipinski definition) is 13. The Morgan fingerprint density at radius 3 is 1.94 bits per heavy atom. The summed E-state index contributed by atoms with van der Waals surface area (Å²) in [4.78, 5) is 113. The van der Waals surface area contributed by atoms with Crippen LogP contribution in [0, 0.1) is 29.6 Å². The van der Waals surface area contributed by atoms with Crippen molar-refractivity contribution < 1.29 is 52.6 Å². The first-order valence-electron chi connectivity index (χ1n) is 28.8. The maximum absolute atomic E-state index is 14.8. The highest BCUT2D eigenvalue weighted by Gasteiger charge is 2.44. The van der Waals surface area contributed by atoms with Gasteiger partial charge in [0.2, 0.25) is 35.4 Å². The molecule has 1 aliphatic heterocycles. The zero-order valence-electron chi connectivity index (χ0n) is 50.8. The third kappa shape index (κ3) is 21.0. The van der Waals surface area contributed by atoms with Crippen LogP contribution in [-0.2, 0) is 60.6 Å². The molecule has 21 nitrogen and oxygen atoms in total. The fourth-order valence-corrected chi connectivity index (χ4v) is 10.7. The topological polar surface area (TPSA) is 286 Å². The molecule has 0 saturated carbocycles. The predicted molar refractivity (Wildman–Crippen MR) is 313 cm³/mol. The molecule has 8 amide bonds. The molecular formula is C60H98N10O11. The number of carbonyl (C=O) groups excluding carboxylic acids is 8. The van der Waals surface area contributed by atoms with Crippen LogP contribution < -0.4 is 38.1 Å². The molecule has 11 atom stereocenters. The molecule has 9 N–H and O–H groups in total. The van der Waals surface area contributed by atoms with Crippen LogP contribution in [0.3, 0.4) is 0 Å². The Bertz CT molecular complexity index is 2320. The minimum atomic E-state index is -0.927. The van der Waals surface area contributed by atoms with Gasteiger partial charge in [0.25, 0.3) is 0 Å². The number of unbranched alkanes of at least 4 members (excludes halogenated alkanes) is 1. The summed E-state index contributed by atoms with van der Waals surface area (Å²) in [7, 11) is 7.91. The van der Waals surface area contributed by atoms with E-state index in [0.29, 0.717) is 70.3 Å². The highest BCUT2D eigenvalue weighted by Crippen LogP contribution is 2.30. The second kappa shape index (κ2) is 34.3. The van der Waals surface area contributed by atoms with Crippen LogP contribution in [0.1, 0.15) is 118 Å². The molecule has 81 heavy (non-hydrogen) atoms. The monoisotopic (exact) mass is 1130 g/mol. The summed E-state index contributed by atoms with van der Waals surface area (Å²) in [6, 6.07) is 11.0. The van der Waals surface area contributed by atoms with Crippen molar-refractivity contribution in [3.05, 3.63) is 65.7 Å². The Balaban J connectivity index is 1.72. The number of benzene rings is 2. The fraction of sp³-hybridized carbons (Fsp3) is 0.667. The van der Waals surface area contributed by atoms with E-state index in [1.54, 1.807) is 35.9 Å². The van der Waals surface area contributed by atoms with Crippen LogP contribution >= 0.6 is 0 Å². The lowest BCUT2D eigenvalue weighted by Gasteiger charge is -2.41. The Morgan fingerprint density at radius 2 is 1.38 bits per heavy atom. The molecular weight excluding hydrogens is 1040 g/mol. The summed E-state index contributed by atoms with van der Waals surface area (Å²) in [5.74, 6) is -4.04. The molecule has 0 bridgehead atoms. The molecule has 1 saturated heterocycles. The number of primary amides is 1. The number of rotatable bonds is 34. The van der Waals surface area contributed by atoms with Crippen LogP contribution in [0.4, 0.5) is 10.5 Å². The molecule has 0 aliphatic carbocycles. The average molecular weight is 1140 g/mol. The number of nitrogens with two attached hydrogens (primary N) is 2. The SMILES string of the molecule is CC[C@H](C)[C@@H]([C@@H](CC(=O)N1CCC[C@H]1[C@H](OC)[C@@H](C)C(=O)N[C@@H](Cc1ccccc1)C(=O)OC)OC)N(C)C(=O)[C@@H](NC(=O)[C@H](C(C)C)N(C)CCc1ccc(NC(=O)[C@H](CCCCNC(N)=O)NC(=O)[C@@H](N)C(C)C)cc1)C(C)C. The van der Waals surface area contributed by atoms with Gasteiger partial charge in [-0.3, -0.25) is 33.7 Å². The smallest absolute Gasteiger partial charge is 0.328 e. The lowest BCUT2D eigenvalue weighted by atomic mass is 9.89. The van der Waals surface area contributed by atoms with Crippen molar-refractivity contribution in [1.29, 1.82) is 0 Å². The summed E-state index contributed by atoms with van der Waals surface area (Å²) in [6.45, 7) is 18.4. The number of likely N-dealkylation sites (tertiary alicyclic amines) is 1. The number of amides is 8. The molecule has 21 heteroatoms. The van der Waals surface area contributed by atoms with Gasteiger partial charge in [0, 0.05) is 53.0 Å². The molecule has 0 aromatic heterocycles. The molecule has 1 fully saturated rings. The number of esters is 1. The number of urea groups is 1. The minimum Gasteiger partial charge on any atom is -0.467 e. The molecule has 0 unspecified atom stereocenters. The second-order valence-electron chi connectivity index (χ2n) is 22.8. The van der Waals surface area contributed by atoms with E-state index in [9.17, 15) is 38.4 Å². The number of anilines is 1. The summed E-state index contributed by atoms with van der Waals surface area (Å²) < 4.78 is 17.1. The van der Waals surface area contributed by atoms with Gasteiger partial charge in [0.1, 0.15) is 18.1 Å². The van der Waals surface area contributed by atoms with Crippen molar-refractivity contribution in [3.8, 4) is 0 Å². The van der Waals surface area contributed by atoms with E-state index in [1.165, 1.54) is 21.3 Å². The lowest BCUT2D eigenvalue weighted by Crippen LogP contribution is -2.60. The van der Waals surface area contributed by atoms with Gasteiger partial charge in [-0.05, 0) is 92.5 Å². The van der Waals surface area contributed by atoms with Gasteiger partial charge >= 0.3 is 12.0 Å². The van der Waals surface area contributed by atoms with Crippen LogP contribution in [0.2, 0.25) is 0 Å². The molecule has 2 aromatic carbocycles. The van der Waals surface area contributed by atoms with Crippen molar-refractivity contribution in [2.24, 2.45) is 41.1 Å². The molecule has 1 heterocycles. The molecule has 1 aliphatic rings. The first kappa shape index (κ1) is 69.1. The highest BCUT2D eigenvalue weighted by molar-refractivity contribution is 5.98. The largest absolute Gasteiger partial charge is 0.467 e. The Labute approximate surface area is 481 Å². The van der Waals surface area contributed by atoms with Gasteiger partial charge in [0.15, 0.2) is 0 Å². The minimum absolute atomic E-state index is 0.0528. The quantitative estimate of drug-likeness (QED) is 0.0379. The Hall–Kier alpha value is -6.16. The third-order valence-corrected chi connectivity index (χ3v) is 15.8. The number of nitrogens with zero attached hydrogens (tertiary/aromatic N) is 3. The summed E-state index contributed by atoms with van der Waals surface area (Å²) in [6.07, 6.45) is 2.69. The summed E-state index contributed by atoms with van der Waals surface area (Å²) >= 11 is 0. The zero-order chi connectivity index (χ0) is 60.7. The molecule has 0 spiro atoms. The van der Waals surface area contributed by atoms with Gasteiger partial charge in [-0.25, -0.2) is 9.59 Å². The lowest BCUT2D eigenvalue weighted by molar-refractivity contribution is -0.149. The number of carbonyl (C=O) groups is 8. The van der Waals surface area contributed by atoms with E-state index in [-0.39, 0.29) is 54.2 Å². The first-order chi connectivity index (χ1) is 38.3. The van der Waals surface area contributed by atoms with E-state index in [0.717, 1.165) is 11.1 Å². The fourth-order valence-electron chi connectivity index (χ4n) is 10.7. The number of likely N-dealkylation sites (N-methyl/N-ethyl adjacent to an activating group) is 2. The number of hydrogen-bond donors (Lipinski definition) is 7. The Morgan fingerprint density at radius 1 is 0.741 bits per heavy atom. The number of ether oxygens (including phenoxy) is 3. The van der Waals surface area contributed by atoms with Crippen molar-refractivity contribution in [2.75, 3.05) is 60.4 Å². The van der Waals surface area contributed by atoms with Gasteiger partial charge in [-0.1, -0.05) is 111 Å². The van der Waals surface area contributed by atoms with Crippen LogP contribution in [0.25, 0.3) is 0 Å². The normalized spacial score (nSPS) is 17.2. The molecule has 454 valence electrons. The van der Waals surface area contributed by atoms with Crippen LogP contribution in [0.5, 0.6) is 0 Å². The van der Waals surface area contributed by atoms with E-state index in [1.807, 2.05) is 110 Å². The van der Waals surface area contributed by atoms with Crippen LogP contribution in [-0.4, -0.2) is 172 Å². The standard InChI is InChI=1S/C60H98N10O11/c1-15-39(8)52(47(79-12)35-48(71)70-32-21-25-46(70)53(80-13)40(9)54(72)66-45(59(77)81-14)34-42-22-17-16-18-23-42)69(11)58(76)50(37(4)5)67-57(75)51(38(6)7)68(10)33-30-41-26-28-43(29-27-41)64-55(73)44(24-19-20-31-63-60(62)78)65-56(74)49(61)36(2)3/h16-18,22-23,26-29,36-40,44-47,49-53H,15,19-21,24-25,30-35,61H2,1-14H3,(H,64,73)(H,65,74)(H,66,72)(H,67,75)(H3,62,63,78)/t39-,40+,44-,45-,46-,47+,49-,50-,51-,52-,53+/m0/s1. The molecule has 0 radical (unpaired) electrons. The van der Waals surface area contributed by atoms with Crippen molar-refractivity contribution in [1.82, 2.24) is 36.0 Å². The zero-order valence-corrected chi connectivity index (χ0v) is 50.8. The maximum atomic E-state index is 14.8. The number of methoxy groups -OCH3 is 3. The molecule has 3 rings (SSSR count).